The number of hydrogen-bond donors (Lipinski definition) is 2. The summed E-state index contributed by atoms with van der Waals surface area (Å²) in [5.74, 6) is 2.47. The van der Waals surface area contributed by atoms with Gasteiger partial charge in [-0.05, 0) is 62.4 Å². The van der Waals surface area contributed by atoms with Crippen LogP contribution in [-0.4, -0.2) is 41.0 Å². The number of nitrogens with zero attached hydrogens (tertiary/aromatic N) is 2. The summed E-state index contributed by atoms with van der Waals surface area (Å²) in [6.07, 6.45) is 7.53. The highest BCUT2D eigenvalue weighted by Gasteiger charge is 2.21. The van der Waals surface area contributed by atoms with Gasteiger partial charge >= 0.3 is 0 Å². The third kappa shape index (κ3) is 5.08. The highest BCUT2D eigenvalue weighted by molar-refractivity contribution is 5.91. The van der Waals surface area contributed by atoms with Crippen molar-refractivity contribution in [1.29, 1.82) is 0 Å². The Kier molecular flexibility index (Phi) is 6.28. The van der Waals surface area contributed by atoms with Gasteiger partial charge in [0.25, 0.3) is 0 Å². The van der Waals surface area contributed by atoms with Crippen LogP contribution in [0.5, 0.6) is 5.75 Å². The SMILES string of the molecule is COc1ccc(NC(=O)CCC2CCCN(Cc3ncc[nH]3)C2)c(C)c1. The number of imidazole rings is 1. The normalized spacial score (nSPS) is 17.8. The number of likely N-dealkylation sites (tertiary alicyclic amines) is 1. The quantitative estimate of drug-likeness (QED) is 0.798. The zero-order valence-corrected chi connectivity index (χ0v) is 15.6. The minimum Gasteiger partial charge on any atom is -0.497 e. The molecule has 1 aromatic heterocycles. The first-order chi connectivity index (χ1) is 12.6. The molecular formula is C20H28N4O2. The maximum Gasteiger partial charge on any atom is 0.224 e. The van der Waals surface area contributed by atoms with Crippen molar-refractivity contribution in [2.45, 2.75) is 39.2 Å². The van der Waals surface area contributed by atoms with E-state index in [9.17, 15) is 4.79 Å². The molecule has 1 amide bonds. The molecule has 0 spiro atoms. The number of anilines is 1. The summed E-state index contributed by atoms with van der Waals surface area (Å²) in [6, 6.07) is 5.71. The predicted molar refractivity (Wildman–Crippen MR) is 102 cm³/mol. The van der Waals surface area contributed by atoms with Crippen LogP contribution in [0.1, 0.15) is 37.1 Å². The summed E-state index contributed by atoms with van der Waals surface area (Å²) >= 11 is 0. The van der Waals surface area contributed by atoms with E-state index >= 15 is 0 Å². The number of aryl methyl sites for hydroxylation is 1. The Labute approximate surface area is 155 Å². The van der Waals surface area contributed by atoms with Crippen molar-refractivity contribution in [3.05, 3.63) is 42.0 Å². The Balaban J connectivity index is 1.45. The molecule has 6 heteroatoms. The fourth-order valence-corrected chi connectivity index (χ4v) is 3.58. The van der Waals surface area contributed by atoms with E-state index < -0.39 is 0 Å². The summed E-state index contributed by atoms with van der Waals surface area (Å²) in [6.45, 7) is 4.98. The van der Waals surface area contributed by atoms with E-state index in [4.69, 9.17) is 4.74 Å². The predicted octanol–water partition coefficient (Wildman–Crippen LogP) is 3.36. The monoisotopic (exact) mass is 356 g/mol. The van der Waals surface area contributed by atoms with Crippen molar-refractivity contribution in [2.24, 2.45) is 5.92 Å². The van der Waals surface area contributed by atoms with Crippen molar-refractivity contribution in [3.63, 3.8) is 0 Å². The van der Waals surface area contributed by atoms with Gasteiger partial charge in [-0.3, -0.25) is 9.69 Å². The minimum atomic E-state index is 0.0847. The molecule has 1 aliphatic rings. The van der Waals surface area contributed by atoms with Crippen LogP contribution >= 0.6 is 0 Å². The Morgan fingerprint density at radius 1 is 1.46 bits per heavy atom. The fourth-order valence-electron chi connectivity index (χ4n) is 3.58. The molecule has 0 bridgehead atoms. The average Bonchev–Trinajstić information content (AvgIpc) is 3.15. The number of ether oxygens (including phenoxy) is 1. The van der Waals surface area contributed by atoms with Gasteiger partial charge in [-0.2, -0.15) is 0 Å². The largest absolute Gasteiger partial charge is 0.497 e. The molecule has 1 saturated heterocycles. The van der Waals surface area contributed by atoms with Crippen molar-refractivity contribution in [1.82, 2.24) is 14.9 Å². The van der Waals surface area contributed by atoms with Gasteiger partial charge in [0, 0.05) is 31.0 Å². The molecule has 140 valence electrons. The van der Waals surface area contributed by atoms with E-state index in [-0.39, 0.29) is 5.91 Å². The Morgan fingerprint density at radius 3 is 3.08 bits per heavy atom. The van der Waals surface area contributed by atoms with Gasteiger partial charge in [0.1, 0.15) is 11.6 Å². The average molecular weight is 356 g/mol. The number of piperidine rings is 1. The maximum atomic E-state index is 12.3. The van der Waals surface area contributed by atoms with Gasteiger partial charge < -0.3 is 15.0 Å². The van der Waals surface area contributed by atoms with E-state index in [1.807, 2.05) is 31.3 Å². The molecule has 0 radical (unpaired) electrons. The first-order valence-electron chi connectivity index (χ1n) is 9.29. The van der Waals surface area contributed by atoms with Gasteiger partial charge in [-0.1, -0.05) is 0 Å². The van der Waals surface area contributed by atoms with Crippen LogP contribution in [0, 0.1) is 12.8 Å². The lowest BCUT2D eigenvalue weighted by atomic mass is 9.93. The second-order valence-electron chi connectivity index (χ2n) is 7.05. The first kappa shape index (κ1) is 18.5. The lowest BCUT2D eigenvalue weighted by molar-refractivity contribution is -0.116. The lowest BCUT2D eigenvalue weighted by Crippen LogP contribution is -2.35. The third-order valence-corrected chi connectivity index (χ3v) is 5.02. The lowest BCUT2D eigenvalue weighted by Gasteiger charge is -2.32. The number of hydrogen-bond acceptors (Lipinski definition) is 4. The summed E-state index contributed by atoms with van der Waals surface area (Å²) in [5, 5.41) is 3.03. The molecule has 3 rings (SSSR count). The maximum absolute atomic E-state index is 12.3. The number of amides is 1. The highest BCUT2D eigenvalue weighted by atomic mass is 16.5. The second-order valence-corrected chi connectivity index (χ2v) is 7.05. The standard InChI is InChI=1S/C20H28N4O2/c1-15-12-17(26-2)6-7-18(15)23-20(25)8-5-16-4-3-11-24(13-16)14-19-21-9-10-22-19/h6-7,9-10,12,16H,3-5,8,11,13-14H2,1-2H3,(H,21,22)(H,23,25). The fraction of sp³-hybridized carbons (Fsp3) is 0.500. The van der Waals surface area contributed by atoms with Crippen molar-refractivity contribution in [2.75, 3.05) is 25.5 Å². The number of carbonyl (C=O) groups is 1. The summed E-state index contributed by atoms with van der Waals surface area (Å²) in [5.41, 5.74) is 1.87. The van der Waals surface area contributed by atoms with Gasteiger partial charge in [0.2, 0.25) is 5.91 Å². The van der Waals surface area contributed by atoms with Gasteiger partial charge in [0.05, 0.1) is 13.7 Å². The molecule has 2 aromatic rings. The van der Waals surface area contributed by atoms with Gasteiger partial charge in [0.15, 0.2) is 0 Å². The van der Waals surface area contributed by atoms with Crippen molar-refractivity contribution in [3.8, 4) is 5.75 Å². The molecule has 1 unspecified atom stereocenters. The van der Waals surface area contributed by atoms with E-state index in [0.29, 0.717) is 12.3 Å². The molecule has 1 aromatic carbocycles. The number of nitrogens with one attached hydrogen (secondary N) is 2. The number of methoxy groups -OCH3 is 1. The summed E-state index contributed by atoms with van der Waals surface area (Å²) in [7, 11) is 1.65. The molecule has 1 fully saturated rings. The van der Waals surface area contributed by atoms with Crippen LogP contribution in [0.3, 0.4) is 0 Å². The topological polar surface area (TPSA) is 70.2 Å². The van der Waals surface area contributed by atoms with Crippen LogP contribution in [0.2, 0.25) is 0 Å². The number of aromatic nitrogens is 2. The van der Waals surface area contributed by atoms with E-state index in [1.54, 1.807) is 13.3 Å². The van der Waals surface area contributed by atoms with Gasteiger partial charge in [-0.25, -0.2) is 4.98 Å². The minimum absolute atomic E-state index is 0.0847. The van der Waals surface area contributed by atoms with Crippen LogP contribution < -0.4 is 10.1 Å². The van der Waals surface area contributed by atoms with Gasteiger partial charge in [-0.15, -0.1) is 0 Å². The molecule has 2 heterocycles. The molecule has 1 atom stereocenters. The van der Waals surface area contributed by atoms with Crippen LogP contribution in [-0.2, 0) is 11.3 Å². The molecular weight excluding hydrogens is 328 g/mol. The molecule has 2 N–H and O–H groups in total. The smallest absolute Gasteiger partial charge is 0.224 e. The molecule has 0 aliphatic carbocycles. The Bertz CT molecular complexity index is 715. The molecule has 6 nitrogen and oxygen atoms in total. The number of carbonyl (C=O) groups excluding carboxylic acids is 1. The summed E-state index contributed by atoms with van der Waals surface area (Å²) in [4.78, 5) is 22.2. The van der Waals surface area contributed by atoms with Crippen LogP contribution in [0.15, 0.2) is 30.6 Å². The van der Waals surface area contributed by atoms with Crippen LogP contribution in [0.4, 0.5) is 5.69 Å². The summed E-state index contributed by atoms with van der Waals surface area (Å²) < 4.78 is 5.21. The van der Waals surface area contributed by atoms with E-state index in [1.165, 1.54) is 12.8 Å². The third-order valence-electron chi connectivity index (χ3n) is 5.02. The second kappa shape index (κ2) is 8.85. The number of H-pyrrole nitrogens is 1. The number of rotatable bonds is 7. The zero-order valence-electron chi connectivity index (χ0n) is 15.6. The molecule has 0 saturated carbocycles. The number of aromatic amines is 1. The van der Waals surface area contributed by atoms with Crippen molar-refractivity contribution < 1.29 is 9.53 Å². The molecule has 26 heavy (non-hydrogen) atoms. The zero-order chi connectivity index (χ0) is 18.4. The van der Waals surface area contributed by atoms with Crippen molar-refractivity contribution >= 4 is 11.6 Å². The highest BCUT2D eigenvalue weighted by Crippen LogP contribution is 2.24. The number of benzene rings is 1. The van der Waals surface area contributed by atoms with E-state index in [0.717, 1.165) is 48.9 Å². The first-order valence-corrected chi connectivity index (χ1v) is 9.29. The molecule has 1 aliphatic heterocycles. The Hall–Kier alpha value is -2.34. The van der Waals surface area contributed by atoms with E-state index in [2.05, 4.69) is 20.2 Å². The van der Waals surface area contributed by atoms with Crippen LogP contribution in [0.25, 0.3) is 0 Å². The Morgan fingerprint density at radius 2 is 2.35 bits per heavy atom.